The lowest BCUT2D eigenvalue weighted by Gasteiger charge is -2.48. The van der Waals surface area contributed by atoms with Crippen LogP contribution in [0.15, 0.2) is 54.6 Å². The molecule has 2 aliphatic rings. The molecule has 0 aliphatic carbocycles. The number of hydrogen-bond acceptors (Lipinski definition) is 2. The zero-order valence-electron chi connectivity index (χ0n) is 14.7. The molecule has 1 spiro atoms. The number of fused-ring (bicyclic) bond motifs is 2. The first-order valence-electron chi connectivity index (χ1n) is 9.28. The van der Waals surface area contributed by atoms with E-state index in [0.717, 1.165) is 6.54 Å². The second kappa shape index (κ2) is 6.70. The lowest BCUT2D eigenvalue weighted by Crippen LogP contribution is -2.51. The third-order valence-electron chi connectivity index (χ3n) is 5.97. The minimum absolute atomic E-state index is 0.382. The van der Waals surface area contributed by atoms with Gasteiger partial charge in [-0.05, 0) is 56.1 Å². The number of likely N-dealkylation sites (tertiary alicyclic amines) is 1. The summed E-state index contributed by atoms with van der Waals surface area (Å²) in [6, 6.07) is 20.0. The van der Waals surface area contributed by atoms with E-state index in [9.17, 15) is 0 Å². The zero-order valence-corrected chi connectivity index (χ0v) is 14.7. The van der Waals surface area contributed by atoms with Crippen LogP contribution in [0.3, 0.4) is 0 Å². The molecule has 0 N–H and O–H groups in total. The molecule has 4 rings (SSSR count). The van der Waals surface area contributed by atoms with Crippen LogP contribution in [0.4, 0.5) is 0 Å². The van der Waals surface area contributed by atoms with Gasteiger partial charge in [0.1, 0.15) is 0 Å². The Labute approximate surface area is 146 Å². The van der Waals surface area contributed by atoms with Crippen LogP contribution in [-0.4, -0.2) is 43.0 Å². The number of hydrogen-bond donors (Lipinski definition) is 0. The molecule has 2 aromatic rings. The fourth-order valence-corrected chi connectivity index (χ4v) is 4.69. The Morgan fingerprint density at radius 1 is 0.917 bits per heavy atom. The van der Waals surface area contributed by atoms with Gasteiger partial charge in [-0.15, -0.1) is 0 Å². The summed E-state index contributed by atoms with van der Waals surface area (Å²) in [6.07, 6.45) is 3.76. The summed E-state index contributed by atoms with van der Waals surface area (Å²) in [5.41, 5.74) is 5.02. The van der Waals surface area contributed by atoms with Gasteiger partial charge in [0.25, 0.3) is 0 Å². The molecule has 2 aromatic carbocycles. The predicted octanol–water partition coefficient (Wildman–Crippen LogP) is 3.71. The summed E-state index contributed by atoms with van der Waals surface area (Å²) in [5.74, 6) is 0. The van der Waals surface area contributed by atoms with Crippen molar-refractivity contribution in [2.24, 2.45) is 0 Å². The summed E-state index contributed by atoms with van der Waals surface area (Å²) in [5, 5.41) is 0. The van der Waals surface area contributed by atoms with E-state index < -0.39 is 0 Å². The Balaban J connectivity index is 1.42. The number of nitrogens with zero attached hydrogens (tertiary/aromatic N) is 2. The van der Waals surface area contributed by atoms with Crippen LogP contribution in [0.5, 0.6) is 0 Å². The van der Waals surface area contributed by atoms with Gasteiger partial charge in [-0.1, -0.05) is 54.6 Å². The van der Waals surface area contributed by atoms with E-state index in [1.54, 1.807) is 11.1 Å². The Kier molecular flexibility index (Phi) is 4.43. The standard InChI is InChI=1S/C22H28N2/c1-23-17-20-9-5-6-10-21(20)22(18-23)12-15-24(16-13-22)14-11-19-7-3-2-4-8-19/h2-10H,11-18H2,1H3. The van der Waals surface area contributed by atoms with Crippen molar-refractivity contribution in [3.63, 3.8) is 0 Å². The first-order valence-corrected chi connectivity index (χ1v) is 9.28. The largest absolute Gasteiger partial charge is 0.303 e. The monoisotopic (exact) mass is 320 g/mol. The molecule has 0 atom stereocenters. The summed E-state index contributed by atoms with van der Waals surface area (Å²) in [6.45, 7) is 5.98. The van der Waals surface area contributed by atoms with Crippen molar-refractivity contribution in [2.75, 3.05) is 33.2 Å². The molecule has 126 valence electrons. The van der Waals surface area contributed by atoms with Gasteiger partial charge in [-0.3, -0.25) is 0 Å². The van der Waals surface area contributed by atoms with Crippen LogP contribution in [0.25, 0.3) is 0 Å². The first-order chi connectivity index (χ1) is 11.8. The van der Waals surface area contributed by atoms with Crippen LogP contribution in [0.2, 0.25) is 0 Å². The predicted molar refractivity (Wildman–Crippen MR) is 100 cm³/mol. The fraction of sp³-hybridized carbons (Fsp3) is 0.455. The highest BCUT2D eigenvalue weighted by atomic mass is 15.2. The second-order valence-electron chi connectivity index (χ2n) is 7.69. The molecular weight excluding hydrogens is 292 g/mol. The van der Waals surface area contributed by atoms with Crippen LogP contribution >= 0.6 is 0 Å². The highest BCUT2D eigenvalue weighted by molar-refractivity contribution is 5.37. The number of piperidine rings is 1. The van der Waals surface area contributed by atoms with Crippen molar-refractivity contribution >= 4 is 0 Å². The summed E-state index contributed by atoms with van der Waals surface area (Å²) < 4.78 is 0. The van der Waals surface area contributed by atoms with Crippen molar-refractivity contribution in [1.29, 1.82) is 0 Å². The maximum Gasteiger partial charge on any atom is 0.0234 e. The van der Waals surface area contributed by atoms with E-state index in [4.69, 9.17) is 0 Å². The van der Waals surface area contributed by atoms with Crippen LogP contribution in [0.1, 0.15) is 29.5 Å². The van der Waals surface area contributed by atoms with Gasteiger partial charge in [0.2, 0.25) is 0 Å². The van der Waals surface area contributed by atoms with E-state index >= 15 is 0 Å². The number of benzene rings is 2. The van der Waals surface area contributed by atoms with Crippen LogP contribution in [0, 0.1) is 0 Å². The van der Waals surface area contributed by atoms with Gasteiger partial charge in [0.15, 0.2) is 0 Å². The van der Waals surface area contributed by atoms with Crippen molar-refractivity contribution in [2.45, 2.75) is 31.2 Å². The summed E-state index contributed by atoms with van der Waals surface area (Å²) in [4.78, 5) is 5.18. The summed E-state index contributed by atoms with van der Waals surface area (Å²) >= 11 is 0. The van der Waals surface area contributed by atoms with E-state index in [2.05, 4.69) is 71.4 Å². The molecule has 0 saturated carbocycles. The first kappa shape index (κ1) is 15.9. The van der Waals surface area contributed by atoms with Gasteiger partial charge in [-0.2, -0.15) is 0 Å². The molecule has 2 aliphatic heterocycles. The van der Waals surface area contributed by atoms with Gasteiger partial charge in [0.05, 0.1) is 0 Å². The number of rotatable bonds is 3. The molecule has 1 fully saturated rings. The molecule has 0 radical (unpaired) electrons. The SMILES string of the molecule is CN1Cc2ccccc2C2(CCN(CCc3ccccc3)CC2)C1. The molecule has 24 heavy (non-hydrogen) atoms. The zero-order chi connectivity index (χ0) is 16.4. The van der Waals surface area contributed by atoms with E-state index in [1.807, 2.05) is 0 Å². The topological polar surface area (TPSA) is 6.48 Å². The average molecular weight is 320 g/mol. The van der Waals surface area contributed by atoms with Crippen molar-refractivity contribution in [1.82, 2.24) is 9.80 Å². The van der Waals surface area contributed by atoms with Gasteiger partial charge < -0.3 is 9.80 Å². The van der Waals surface area contributed by atoms with E-state index in [-0.39, 0.29) is 0 Å². The minimum atomic E-state index is 0.382. The molecule has 0 bridgehead atoms. The third-order valence-corrected chi connectivity index (χ3v) is 5.97. The lowest BCUT2D eigenvalue weighted by molar-refractivity contribution is 0.111. The van der Waals surface area contributed by atoms with Crippen molar-refractivity contribution in [3.8, 4) is 0 Å². The highest BCUT2D eigenvalue weighted by Crippen LogP contribution is 2.41. The maximum absolute atomic E-state index is 2.66. The smallest absolute Gasteiger partial charge is 0.0234 e. The molecule has 2 heterocycles. The van der Waals surface area contributed by atoms with Gasteiger partial charge in [0, 0.05) is 25.0 Å². The quantitative estimate of drug-likeness (QED) is 0.851. The normalized spacial score (nSPS) is 20.9. The van der Waals surface area contributed by atoms with Crippen LogP contribution < -0.4 is 0 Å². The molecule has 0 unspecified atom stereocenters. The highest BCUT2D eigenvalue weighted by Gasteiger charge is 2.40. The molecule has 2 nitrogen and oxygen atoms in total. The molecule has 2 heteroatoms. The molecule has 0 aromatic heterocycles. The Morgan fingerprint density at radius 2 is 1.62 bits per heavy atom. The molecule has 0 amide bonds. The fourth-order valence-electron chi connectivity index (χ4n) is 4.69. The van der Waals surface area contributed by atoms with Crippen LogP contribution in [-0.2, 0) is 18.4 Å². The Morgan fingerprint density at radius 3 is 2.42 bits per heavy atom. The van der Waals surface area contributed by atoms with E-state index in [1.165, 1.54) is 51.0 Å². The second-order valence-corrected chi connectivity index (χ2v) is 7.69. The average Bonchev–Trinajstić information content (AvgIpc) is 2.62. The maximum atomic E-state index is 2.66. The van der Waals surface area contributed by atoms with Gasteiger partial charge in [-0.25, -0.2) is 0 Å². The van der Waals surface area contributed by atoms with E-state index in [0.29, 0.717) is 5.41 Å². The number of likely N-dealkylation sites (N-methyl/N-ethyl adjacent to an activating group) is 1. The lowest BCUT2D eigenvalue weighted by atomic mass is 9.69. The molecular formula is C22H28N2. The summed E-state index contributed by atoms with van der Waals surface area (Å²) in [7, 11) is 2.28. The van der Waals surface area contributed by atoms with Gasteiger partial charge >= 0.3 is 0 Å². The minimum Gasteiger partial charge on any atom is -0.303 e. The molecule has 1 saturated heterocycles. The van der Waals surface area contributed by atoms with Crippen molar-refractivity contribution < 1.29 is 0 Å². The third kappa shape index (κ3) is 3.13. The Bertz CT molecular complexity index is 671. The van der Waals surface area contributed by atoms with Crippen molar-refractivity contribution in [3.05, 3.63) is 71.3 Å². The Hall–Kier alpha value is -1.64.